The van der Waals surface area contributed by atoms with Crippen LogP contribution in [-0.2, 0) is 0 Å². The number of carbonyl (C=O) groups excluding carboxylic acids is 1. The van der Waals surface area contributed by atoms with E-state index in [1.807, 2.05) is 0 Å². The van der Waals surface area contributed by atoms with Gasteiger partial charge >= 0.3 is 0 Å². The predicted octanol–water partition coefficient (Wildman–Crippen LogP) is 2.94. The Morgan fingerprint density at radius 1 is 1.19 bits per heavy atom. The van der Waals surface area contributed by atoms with Crippen molar-refractivity contribution >= 4 is 22.8 Å². The first-order valence-electron chi connectivity index (χ1n) is 8.47. The van der Waals surface area contributed by atoms with Crippen LogP contribution >= 0.6 is 0 Å². The van der Waals surface area contributed by atoms with E-state index in [0.29, 0.717) is 25.3 Å². The Hall–Kier alpha value is -3.29. The first kappa shape index (κ1) is 17.1. The summed E-state index contributed by atoms with van der Waals surface area (Å²) in [5.41, 5.74) is 0.780. The Balaban J connectivity index is 1.47. The molecule has 1 atom stereocenters. The van der Waals surface area contributed by atoms with Crippen LogP contribution in [0.2, 0.25) is 0 Å². The van der Waals surface area contributed by atoms with E-state index in [0.717, 1.165) is 12.1 Å². The van der Waals surface area contributed by atoms with E-state index in [2.05, 4.69) is 15.3 Å². The van der Waals surface area contributed by atoms with Gasteiger partial charge in [-0.1, -0.05) is 12.1 Å². The van der Waals surface area contributed by atoms with Gasteiger partial charge in [0, 0.05) is 31.3 Å². The normalized spacial score (nSPS) is 16.7. The van der Waals surface area contributed by atoms with Crippen LogP contribution in [0.5, 0.6) is 5.75 Å². The second-order valence-corrected chi connectivity index (χ2v) is 6.41. The minimum absolute atomic E-state index is 0.0476. The number of carbonyl (C=O) groups is 1. The molecule has 0 radical (unpaired) electrons. The minimum atomic E-state index is -0.978. The molecular formula is C19H16F2N4O2. The Morgan fingerprint density at radius 2 is 1.93 bits per heavy atom. The Bertz CT molecular complexity index is 1030. The molecule has 1 fully saturated rings. The van der Waals surface area contributed by atoms with Gasteiger partial charge in [0.25, 0.3) is 5.91 Å². The summed E-state index contributed by atoms with van der Waals surface area (Å²) in [5, 5.41) is 13.0. The van der Waals surface area contributed by atoms with Crippen molar-refractivity contribution < 1.29 is 18.7 Å². The number of aromatic hydroxyl groups is 1. The molecule has 138 valence electrons. The molecule has 0 spiro atoms. The Morgan fingerprint density at radius 3 is 2.70 bits per heavy atom. The first-order chi connectivity index (χ1) is 13.0. The second-order valence-electron chi connectivity index (χ2n) is 6.41. The number of anilines is 1. The highest BCUT2D eigenvalue weighted by Gasteiger charge is 2.28. The molecule has 0 aliphatic carbocycles. The molecular weight excluding hydrogens is 354 g/mol. The van der Waals surface area contributed by atoms with Crippen molar-refractivity contribution in [3.8, 4) is 5.75 Å². The van der Waals surface area contributed by atoms with Crippen LogP contribution in [0.25, 0.3) is 11.0 Å². The number of halogens is 2. The summed E-state index contributed by atoms with van der Waals surface area (Å²) in [6.07, 6.45) is 2.14. The standard InChI is InChI=1S/C19H16F2N4O2/c20-13-7-15-16(8-14(13)21)24-18(9-22-15)23-11-5-6-25(10-11)19(27)12-3-1-2-4-17(12)26/h1-4,7-9,11,26H,5-6,10H2,(H,23,24)/t11-/m1/s1. The summed E-state index contributed by atoms with van der Waals surface area (Å²) in [5.74, 6) is -1.80. The lowest BCUT2D eigenvalue weighted by molar-refractivity contribution is 0.0788. The molecule has 2 N–H and O–H groups in total. The fourth-order valence-electron chi connectivity index (χ4n) is 3.17. The number of nitrogens with one attached hydrogen (secondary N) is 1. The number of hydrogen-bond acceptors (Lipinski definition) is 5. The number of amides is 1. The van der Waals surface area contributed by atoms with E-state index >= 15 is 0 Å². The van der Waals surface area contributed by atoms with Crippen molar-refractivity contribution in [2.24, 2.45) is 0 Å². The largest absolute Gasteiger partial charge is 0.507 e. The third kappa shape index (κ3) is 3.38. The summed E-state index contributed by atoms with van der Waals surface area (Å²) in [6, 6.07) is 8.37. The number of phenols is 1. The van der Waals surface area contributed by atoms with Crippen LogP contribution < -0.4 is 5.32 Å². The number of nitrogens with zero attached hydrogens (tertiary/aromatic N) is 3. The fourth-order valence-corrected chi connectivity index (χ4v) is 3.17. The average Bonchev–Trinajstić information content (AvgIpc) is 3.11. The van der Waals surface area contributed by atoms with Crippen molar-refractivity contribution in [2.75, 3.05) is 18.4 Å². The monoisotopic (exact) mass is 370 g/mol. The molecule has 8 heteroatoms. The summed E-state index contributed by atoms with van der Waals surface area (Å²) in [7, 11) is 0. The van der Waals surface area contributed by atoms with E-state index in [1.165, 1.54) is 12.3 Å². The molecule has 3 aromatic rings. The predicted molar refractivity (Wildman–Crippen MR) is 95.5 cm³/mol. The summed E-state index contributed by atoms with van der Waals surface area (Å²) >= 11 is 0. The maximum Gasteiger partial charge on any atom is 0.257 e. The smallest absolute Gasteiger partial charge is 0.257 e. The molecule has 1 amide bonds. The van der Waals surface area contributed by atoms with E-state index in [-0.39, 0.29) is 34.3 Å². The zero-order valence-electron chi connectivity index (χ0n) is 14.2. The molecule has 4 rings (SSSR count). The quantitative estimate of drug-likeness (QED) is 0.741. The zero-order valence-corrected chi connectivity index (χ0v) is 14.2. The second kappa shape index (κ2) is 6.79. The van der Waals surface area contributed by atoms with Gasteiger partial charge in [0.05, 0.1) is 22.8 Å². The number of likely N-dealkylation sites (tertiary alicyclic amines) is 1. The van der Waals surface area contributed by atoms with Gasteiger partial charge in [0.2, 0.25) is 0 Å². The zero-order chi connectivity index (χ0) is 19.0. The first-order valence-corrected chi connectivity index (χ1v) is 8.47. The van der Waals surface area contributed by atoms with Gasteiger partial charge in [-0.15, -0.1) is 0 Å². The molecule has 0 bridgehead atoms. The maximum absolute atomic E-state index is 13.4. The van der Waals surface area contributed by atoms with Gasteiger partial charge in [-0.3, -0.25) is 9.78 Å². The van der Waals surface area contributed by atoms with Crippen molar-refractivity contribution in [1.29, 1.82) is 0 Å². The molecule has 0 unspecified atom stereocenters. The highest BCUT2D eigenvalue weighted by molar-refractivity contribution is 5.97. The molecule has 27 heavy (non-hydrogen) atoms. The SMILES string of the molecule is O=C(c1ccccc1O)N1CC[C@@H](Nc2cnc3cc(F)c(F)cc3n2)C1. The van der Waals surface area contributed by atoms with E-state index in [4.69, 9.17) is 0 Å². The minimum Gasteiger partial charge on any atom is -0.507 e. The summed E-state index contributed by atoms with van der Waals surface area (Å²) in [4.78, 5) is 22.5. The van der Waals surface area contributed by atoms with Gasteiger partial charge in [0.15, 0.2) is 11.6 Å². The number of fused-ring (bicyclic) bond motifs is 1. The van der Waals surface area contributed by atoms with Gasteiger partial charge < -0.3 is 15.3 Å². The van der Waals surface area contributed by atoms with Crippen molar-refractivity contribution in [3.05, 3.63) is 59.8 Å². The van der Waals surface area contributed by atoms with Crippen molar-refractivity contribution in [1.82, 2.24) is 14.9 Å². The van der Waals surface area contributed by atoms with Crippen molar-refractivity contribution in [2.45, 2.75) is 12.5 Å². The van der Waals surface area contributed by atoms with Crippen LogP contribution in [-0.4, -0.2) is 45.0 Å². The Labute approximate surface area is 153 Å². The number of benzene rings is 2. The van der Waals surface area contributed by atoms with Gasteiger partial charge in [-0.25, -0.2) is 13.8 Å². The molecule has 6 nitrogen and oxygen atoms in total. The molecule has 1 saturated heterocycles. The van der Waals surface area contributed by atoms with Crippen LogP contribution in [0.3, 0.4) is 0 Å². The third-order valence-corrected chi connectivity index (χ3v) is 4.55. The van der Waals surface area contributed by atoms with E-state index in [9.17, 15) is 18.7 Å². The lowest BCUT2D eigenvalue weighted by Gasteiger charge is -2.18. The Kier molecular flexibility index (Phi) is 4.31. The van der Waals surface area contributed by atoms with E-state index in [1.54, 1.807) is 23.1 Å². The number of hydrogen-bond donors (Lipinski definition) is 2. The van der Waals surface area contributed by atoms with Gasteiger partial charge in [-0.05, 0) is 18.6 Å². The van der Waals surface area contributed by atoms with Gasteiger partial charge in [-0.2, -0.15) is 0 Å². The number of aromatic nitrogens is 2. The molecule has 1 aliphatic heterocycles. The van der Waals surface area contributed by atoms with Crippen LogP contribution in [0.4, 0.5) is 14.6 Å². The van der Waals surface area contributed by atoms with Crippen LogP contribution in [0.1, 0.15) is 16.8 Å². The van der Waals surface area contributed by atoms with Crippen LogP contribution in [0.15, 0.2) is 42.6 Å². The molecule has 2 heterocycles. The number of phenolic OH excluding ortho intramolecular Hbond substituents is 1. The lowest BCUT2D eigenvalue weighted by atomic mass is 10.2. The summed E-state index contributed by atoms with van der Waals surface area (Å²) < 4.78 is 26.6. The third-order valence-electron chi connectivity index (χ3n) is 4.55. The number of rotatable bonds is 3. The highest BCUT2D eigenvalue weighted by atomic mass is 19.2. The summed E-state index contributed by atoms with van der Waals surface area (Å²) in [6.45, 7) is 0.969. The molecule has 1 aromatic heterocycles. The van der Waals surface area contributed by atoms with Crippen LogP contribution in [0, 0.1) is 11.6 Å². The molecule has 2 aromatic carbocycles. The fraction of sp³-hybridized carbons (Fsp3) is 0.211. The van der Waals surface area contributed by atoms with Crippen molar-refractivity contribution in [3.63, 3.8) is 0 Å². The highest BCUT2D eigenvalue weighted by Crippen LogP contribution is 2.23. The maximum atomic E-state index is 13.4. The molecule has 1 aliphatic rings. The van der Waals surface area contributed by atoms with Gasteiger partial charge in [0.1, 0.15) is 11.6 Å². The molecule has 0 saturated carbocycles. The lowest BCUT2D eigenvalue weighted by Crippen LogP contribution is -2.31. The number of para-hydroxylation sites is 1. The van der Waals surface area contributed by atoms with E-state index < -0.39 is 11.6 Å². The average molecular weight is 370 g/mol. The topological polar surface area (TPSA) is 78.4 Å².